The van der Waals surface area contributed by atoms with Crippen LogP contribution in [0.2, 0.25) is 0 Å². The summed E-state index contributed by atoms with van der Waals surface area (Å²) >= 11 is 3.25. The van der Waals surface area contributed by atoms with E-state index in [1.165, 1.54) is 13.8 Å². The highest BCUT2D eigenvalue weighted by Crippen LogP contribution is 2.15. The van der Waals surface area contributed by atoms with Gasteiger partial charge in [0.05, 0.1) is 11.2 Å². The summed E-state index contributed by atoms with van der Waals surface area (Å²) < 4.78 is 24.7. The molecule has 0 aliphatic carbocycles. The summed E-state index contributed by atoms with van der Waals surface area (Å²) in [5, 5.41) is 11.3. The normalized spacial score (nSPS) is 12.0. The summed E-state index contributed by atoms with van der Waals surface area (Å²) in [6.07, 6.45) is 0. The van der Waals surface area contributed by atoms with Crippen LogP contribution < -0.4 is 5.32 Å². The number of aliphatic carboxylic acids is 1. The van der Waals surface area contributed by atoms with Crippen LogP contribution in [0.15, 0.2) is 28.7 Å². The fourth-order valence-corrected chi connectivity index (χ4v) is 3.32. The van der Waals surface area contributed by atoms with E-state index in [1.807, 2.05) is 0 Å². The second-order valence-corrected chi connectivity index (χ2v) is 8.61. The first-order valence-corrected chi connectivity index (χ1v) is 9.08. The van der Waals surface area contributed by atoms with Crippen LogP contribution in [-0.2, 0) is 25.2 Å². The van der Waals surface area contributed by atoms with Gasteiger partial charge in [-0.2, -0.15) is 0 Å². The number of nitrogens with one attached hydrogen (secondary N) is 1. The van der Waals surface area contributed by atoms with Crippen LogP contribution in [0.3, 0.4) is 0 Å². The summed E-state index contributed by atoms with van der Waals surface area (Å²) in [6.45, 7) is 2.77. The van der Waals surface area contributed by atoms with Gasteiger partial charge in [-0.25, -0.2) is 8.42 Å². The lowest BCUT2D eigenvalue weighted by Crippen LogP contribution is -2.41. The minimum absolute atomic E-state index is 0.131. The fourth-order valence-electron chi connectivity index (χ4n) is 1.58. The highest BCUT2D eigenvalue weighted by molar-refractivity contribution is 9.10. The van der Waals surface area contributed by atoms with E-state index in [1.54, 1.807) is 24.3 Å². The summed E-state index contributed by atoms with van der Waals surface area (Å²) in [5.41, 5.74) is -0.572. The number of sulfone groups is 1. The molecule has 0 heterocycles. The summed E-state index contributed by atoms with van der Waals surface area (Å²) in [7, 11) is -3.62. The van der Waals surface area contributed by atoms with Crippen molar-refractivity contribution in [1.82, 2.24) is 5.32 Å². The molecular formula is C14H18BrNO5S. The molecule has 2 N–H and O–H groups in total. The van der Waals surface area contributed by atoms with E-state index in [-0.39, 0.29) is 12.3 Å². The van der Waals surface area contributed by atoms with Crippen LogP contribution in [0.5, 0.6) is 0 Å². The Morgan fingerprint density at radius 3 is 2.50 bits per heavy atom. The topological polar surface area (TPSA) is 101 Å². The standard InChI is InChI=1S/C14H18BrNO5S/c1-14(2,13(18)19)9-16-12(17)8-22(20,21)7-10-4-3-5-11(15)6-10/h3-6H,7-9H2,1-2H3,(H,16,17)(H,18,19). The smallest absolute Gasteiger partial charge is 0.310 e. The molecule has 0 bridgehead atoms. The lowest BCUT2D eigenvalue weighted by Gasteiger charge is -2.19. The number of hydrogen-bond donors (Lipinski definition) is 2. The molecule has 6 nitrogen and oxygen atoms in total. The molecule has 0 unspecified atom stereocenters. The van der Waals surface area contributed by atoms with Gasteiger partial charge in [0.2, 0.25) is 5.91 Å². The van der Waals surface area contributed by atoms with Crippen molar-refractivity contribution in [3.8, 4) is 0 Å². The predicted molar refractivity (Wildman–Crippen MR) is 86.1 cm³/mol. The van der Waals surface area contributed by atoms with Gasteiger partial charge in [0.25, 0.3) is 0 Å². The van der Waals surface area contributed by atoms with Gasteiger partial charge in [0.1, 0.15) is 5.75 Å². The lowest BCUT2D eigenvalue weighted by molar-refractivity contribution is -0.146. The lowest BCUT2D eigenvalue weighted by atomic mass is 9.94. The number of halogens is 1. The van der Waals surface area contributed by atoms with E-state index >= 15 is 0 Å². The van der Waals surface area contributed by atoms with Crippen molar-refractivity contribution in [2.75, 3.05) is 12.3 Å². The highest BCUT2D eigenvalue weighted by atomic mass is 79.9. The minimum atomic E-state index is -3.62. The Labute approximate surface area is 138 Å². The first kappa shape index (κ1) is 18.6. The molecule has 0 saturated carbocycles. The third-order valence-corrected chi connectivity index (χ3v) is 4.90. The predicted octanol–water partition coefficient (Wildman–Crippen LogP) is 1.59. The minimum Gasteiger partial charge on any atom is -0.481 e. The summed E-state index contributed by atoms with van der Waals surface area (Å²) in [6, 6.07) is 6.82. The quantitative estimate of drug-likeness (QED) is 0.734. The molecule has 0 aliphatic heterocycles. The van der Waals surface area contributed by atoms with Crippen molar-refractivity contribution < 1.29 is 23.1 Å². The van der Waals surface area contributed by atoms with Gasteiger partial charge in [-0.05, 0) is 31.5 Å². The second-order valence-electron chi connectivity index (χ2n) is 5.63. The largest absolute Gasteiger partial charge is 0.481 e. The third kappa shape index (κ3) is 6.15. The van der Waals surface area contributed by atoms with Crippen LogP contribution >= 0.6 is 15.9 Å². The Kier molecular flexibility index (Phi) is 6.13. The highest BCUT2D eigenvalue weighted by Gasteiger charge is 2.28. The molecule has 122 valence electrons. The number of benzene rings is 1. The third-order valence-electron chi connectivity index (χ3n) is 2.93. The van der Waals surface area contributed by atoms with E-state index in [0.29, 0.717) is 5.56 Å². The molecule has 1 amide bonds. The average Bonchev–Trinajstić information content (AvgIpc) is 2.35. The van der Waals surface area contributed by atoms with Crippen molar-refractivity contribution in [3.05, 3.63) is 34.3 Å². The first-order valence-electron chi connectivity index (χ1n) is 6.47. The number of amides is 1. The van der Waals surface area contributed by atoms with Gasteiger partial charge in [-0.1, -0.05) is 28.1 Å². The molecule has 1 aromatic rings. The number of carboxylic acids is 1. The second kappa shape index (κ2) is 7.23. The number of carboxylic acid groups (broad SMARTS) is 1. The number of hydrogen-bond acceptors (Lipinski definition) is 4. The van der Waals surface area contributed by atoms with Crippen molar-refractivity contribution >= 4 is 37.6 Å². The van der Waals surface area contributed by atoms with Gasteiger partial charge >= 0.3 is 5.97 Å². The van der Waals surface area contributed by atoms with Crippen molar-refractivity contribution in [1.29, 1.82) is 0 Å². The van der Waals surface area contributed by atoms with Gasteiger partial charge in [-0.3, -0.25) is 9.59 Å². The van der Waals surface area contributed by atoms with Crippen molar-refractivity contribution in [3.63, 3.8) is 0 Å². The fraction of sp³-hybridized carbons (Fsp3) is 0.429. The molecule has 0 saturated heterocycles. The summed E-state index contributed by atoms with van der Waals surface area (Å²) in [4.78, 5) is 22.6. The van der Waals surface area contributed by atoms with E-state index in [4.69, 9.17) is 5.11 Å². The monoisotopic (exact) mass is 391 g/mol. The Balaban J connectivity index is 2.61. The average molecular weight is 392 g/mol. The molecule has 0 aromatic heterocycles. The Hall–Kier alpha value is -1.41. The molecule has 0 fully saturated rings. The number of carbonyl (C=O) groups excluding carboxylic acids is 1. The van der Waals surface area contributed by atoms with Gasteiger partial charge in [0.15, 0.2) is 9.84 Å². The van der Waals surface area contributed by atoms with Gasteiger partial charge < -0.3 is 10.4 Å². The Morgan fingerprint density at radius 1 is 1.32 bits per heavy atom. The maximum atomic E-state index is 12.0. The zero-order valence-corrected chi connectivity index (χ0v) is 14.7. The van der Waals surface area contributed by atoms with Crippen LogP contribution in [0.25, 0.3) is 0 Å². The number of rotatable bonds is 7. The first-order chi connectivity index (χ1) is 10.0. The van der Waals surface area contributed by atoms with Crippen molar-refractivity contribution in [2.45, 2.75) is 19.6 Å². The SMILES string of the molecule is CC(C)(CNC(=O)CS(=O)(=O)Cc1cccc(Br)c1)C(=O)O. The van der Waals surface area contributed by atoms with E-state index in [0.717, 1.165) is 4.47 Å². The van der Waals surface area contributed by atoms with Crippen LogP contribution in [-0.4, -0.2) is 37.7 Å². The van der Waals surface area contributed by atoms with Crippen LogP contribution in [0.1, 0.15) is 19.4 Å². The maximum absolute atomic E-state index is 12.0. The van der Waals surface area contributed by atoms with Gasteiger partial charge in [-0.15, -0.1) is 0 Å². The molecule has 0 atom stereocenters. The Morgan fingerprint density at radius 2 is 1.95 bits per heavy atom. The molecule has 1 aromatic carbocycles. The summed E-state index contributed by atoms with van der Waals surface area (Å²) in [5.74, 6) is -2.69. The molecule has 0 radical (unpaired) electrons. The van der Waals surface area contributed by atoms with Gasteiger partial charge in [0, 0.05) is 11.0 Å². The molecular weight excluding hydrogens is 374 g/mol. The molecule has 0 spiro atoms. The van der Waals surface area contributed by atoms with E-state index in [2.05, 4.69) is 21.2 Å². The molecule has 22 heavy (non-hydrogen) atoms. The molecule has 0 aliphatic rings. The molecule has 1 rings (SSSR count). The van der Waals surface area contributed by atoms with E-state index < -0.39 is 32.9 Å². The number of carbonyl (C=O) groups is 2. The maximum Gasteiger partial charge on any atom is 0.310 e. The molecule has 8 heteroatoms. The van der Waals surface area contributed by atoms with E-state index in [9.17, 15) is 18.0 Å². The zero-order chi connectivity index (χ0) is 17.0. The van der Waals surface area contributed by atoms with Crippen molar-refractivity contribution in [2.24, 2.45) is 5.41 Å². The zero-order valence-electron chi connectivity index (χ0n) is 12.3. The van der Waals surface area contributed by atoms with Crippen LogP contribution in [0, 0.1) is 5.41 Å². The Bertz CT molecular complexity index is 670. The van der Waals surface area contributed by atoms with Crippen LogP contribution in [0.4, 0.5) is 0 Å².